The maximum atomic E-state index is 10.6. The monoisotopic (exact) mass is 491 g/mol. The summed E-state index contributed by atoms with van der Waals surface area (Å²) < 4.78 is 7.28. The number of fused-ring (bicyclic) bond motifs is 1. The molecular formula is C25H29N7O4. The van der Waals surface area contributed by atoms with Crippen molar-refractivity contribution in [2.75, 3.05) is 36.7 Å². The highest BCUT2D eigenvalue weighted by Gasteiger charge is 2.45. The van der Waals surface area contributed by atoms with Crippen molar-refractivity contribution in [1.29, 1.82) is 0 Å². The van der Waals surface area contributed by atoms with Crippen molar-refractivity contribution >= 4 is 28.6 Å². The van der Waals surface area contributed by atoms with E-state index < -0.39 is 31.1 Å². The van der Waals surface area contributed by atoms with Gasteiger partial charge in [-0.2, -0.15) is 0 Å². The molecule has 36 heavy (non-hydrogen) atoms. The summed E-state index contributed by atoms with van der Waals surface area (Å²) in [5.41, 5.74) is 11.1. The molecule has 2 aromatic carbocycles. The molecule has 4 atom stereocenters. The van der Waals surface area contributed by atoms with Gasteiger partial charge >= 0.3 is 0 Å². The predicted octanol–water partition coefficient (Wildman–Crippen LogP) is 1.37. The van der Waals surface area contributed by atoms with Gasteiger partial charge in [-0.3, -0.25) is 4.57 Å². The van der Waals surface area contributed by atoms with E-state index in [4.69, 9.17) is 10.5 Å². The first-order valence-electron chi connectivity index (χ1n) is 11.6. The van der Waals surface area contributed by atoms with Gasteiger partial charge < -0.3 is 36.0 Å². The molecule has 11 heteroatoms. The number of aliphatic hydroxyl groups excluding tert-OH is 3. The summed E-state index contributed by atoms with van der Waals surface area (Å²) in [6, 6.07) is 16.5. The minimum atomic E-state index is -1.30. The summed E-state index contributed by atoms with van der Waals surface area (Å²) in [5.74, 6) is 0.521. The fraction of sp³-hybridized carbons (Fsp3) is 0.320. The summed E-state index contributed by atoms with van der Waals surface area (Å²) in [6.07, 6.45) is -3.22. The van der Waals surface area contributed by atoms with Crippen molar-refractivity contribution in [3.63, 3.8) is 0 Å². The molecule has 11 nitrogen and oxygen atoms in total. The van der Waals surface area contributed by atoms with E-state index in [0.717, 1.165) is 22.4 Å². The van der Waals surface area contributed by atoms with Crippen molar-refractivity contribution in [2.45, 2.75) is 31.1 Å². The van der Waals surface area contributed by atoms with Gasteiger partial charge in [0.1, 0.15) is 24.6 Å². The van der Waals surface area contributed by atoms with Crippen LogP contribution in [-0.2, 0) is 11.3 Å². The highest BCUT2D eigenvalue weighted by atomic mass is 16.6. The molecule has 1 saturated heterocycles. The molecule has 6 N–H and O–H groups in total. The van der Waals surface area contributed by atoms with Crippen LogP contribution in [-0.4, -0.2) is 73.9 Å². The molecule has 5 rings (SSSR count). The van der Waals surface area contributed by atoms with E-state index >= 15 is 0 Å². The van der Waals surface area contributed by atoms with E-state index in [-0.39, 0.29) is 5.82 Å². The van der Waals surface area contributed by atoms with Crippen molar-refractivity contribution in [2.24, 2.45) is 0 Å². The average Bonchev–Trinajstić information content (AvgIpc) is 3.40. The number of nitrogen functional groups attached to an aromatic ring is 1. The quantitative estimate of drug-likeness (QED) is 0.256. The Bertz CT molecular complexity index is 1360. The molecule has 1 fully saturated rings. The second-order valence-electron chi connectivity index (χ2n) is 8.96. The number of nitrogens with zero attached hydrogens (tertiary/aromatic N) is 5. The zero-order valence-electron chi connectivity index (χ0n) is 20.0. The number of rotatable bonds is 7. The highest BCUT2D eigenvalue weighted by molar-refractivity contribution is 5.84. The Kier molecular flexibility index (Phi) is 6.46. The van der Waals surface area contributed by atoms with Crippen LogP contribution in [0.25, 0.3) is 22.3 Å². The molecule has 3 heterocycles. The van der Waals surface area contributed by atoms with Gasteiger partial charge in [-0.15, -0.1) is 0 Å². The molecule has 0 amide bonds. The van der Waals surface area contributed by atoms with Crippen LogP contribution in [0, 0.1) is 0 Å². The Morgan fingerprint density at radius 1 is 1.06 bits per heavy atom. The molecule has 1 aliphatic heterocycles. The van der Waals surface area contributed by atoms with E-state index in [1.54, 1.807) is 0 Å². The average molecular weight is 492 g/mol. The van der Waals surface area contributed by atoms with Gasteiger partial charge in [0.05, 0.1) is 6.61 Å². The molecule has 4 aromatic rings. The van der Waals surface area contributed by atoms with E-state index in [9.17, 15) is 15.3 Å². The molecule has 0 saturated carbocycles. The van der Waals surface area contributed by atoms with Crippen LogP contribution in [0.4, 0.5) is 17.5 Å². The second kappa shape index (κ2) is 9.70. The number of aliphatic hydroxyl groups is 3. The first-order valence-corrected chi connectivity index (χ1v) is 11.6. The number of hydrogen-bond acceptors (Lipinski definition) is 10. The smallest absolute Gasteiger partial charge is 0.207 e. The van der Waals surface area contributed by atoms with Gasteiger partial charge in [0.15, 0.2) is 23.2 Å². The first kappa shape index (κ1) is 23.9. The Labute approximate surface area is 207 Å². The van der Waals surface area contributed by atoms with Crippen molar-refractivity contribution in [3.05, 3.63) is 60.4 Å². The fourth-order valence-electron chi connectivity index (χ4n) is 4.35. The van der Waals surface area contributed by atoms with Crippen LogP contribution >= 0.6 is 0 Å². The highest BCUT2D eigenvalue weighted by Crippen LogP contribution is 2.35. The molecule has 2 aromatic heterocycles. The summed E-state index contributed by atoms with van der Waals surface area (Å²) in [4.78, 5) is 14.9. The summed E-state index contributed by atoms with van der Waals surface area (Å²) in [7, 11) is 4.03. The third-order valence-corrected chi connectivity index (χ3v) is 6.38. The number of ether oxygens (including phenoxy) is 1. The van der Waals surface area contributed by atoms with Crippen molar-refractivity contribution in [1.82, 2.24) is 19.5 Å². The van der Waals surface area contributed by atoms with Gasteiger partial charge in [-0.05, 0) is 28.8 Å². The molecule has 0 spiro atoms. The Balaban J connectivity index is 1.41. The maximum absolute atomic E-state index is 10.6. The van der Waals surface area contributed by atoms with Crippen LogP contribution in [0.5, 0.6) is 0 Å². The minimum absolute atomic E-state index is 0.179. The molecule has 0 bridgehead atoms. The first-order chi connectivity index (χ1) is 17.4. The van der Waals surface area contributed by atoms with Crippen LogP contribution in [0.1, 0.15) is 11.8 Å². The van der Waals surface area contributed by atoms with Gasteiger partial charge in [0, 0.05) is 26.3 Å². The minimum Gasteiger partial charge on any atom is -0.394 e. The van der Waals surface area contributed by atoms with Crippen molar-refractivity contribution in [3.8, 4) is 11.1 Å². The van der Waals surface area contributed by atoms with Gasteiger partial charge in [-0.25, -0.2) is 15.0 Å². The largest absolute Gasteiger partial charge is 0.394 e. The van der Waals surface area contributed by atoms with Crippen LogP contribution in [0.15, 0.2) is 54.9 Å². The summed E-state index contributed by atoms with van der Waals surface area (Å²) in [5, 5.41) is 33.7. The topological polar surface area (TPSA) is 155 Å². The Morgan fingerprint density at radius 2 is 1.83 bits per heavy atom. The van der Waals surface area contributed by atoms with Crippen LogP contribution in [0.3, 0.4) is 0 Å². The van der Waals surface area contributed by atoms with Crippen molar-refractivity contribution < 1.29 is 20.1 Å². The number of aromatic nitrogens is 4. The Hall–Kier alpha value is -3.77. The lowest BCUT2D eigenvalue weighted by Gasteiger charge is -2.19. The third-order valence-electron chi connectivity index (χ3n) is 6.38. The van der Waals surface area contributed by atoms with Gasteiger partial charge in [-0.1, -0.05) is 36.4 Å². The van der Waals surface area contributed by atoms with E-state index in [0.29, 0.717) is 23.7 Å². The second-order valence-corrected chi connectivity index (χ2v) is 8.96. The lowest BCUT2D eigenvalue weighted by atomic mass is 10.0. The molecule has 0 unspecified atom stereocenters. The number of benzene rings is 2. The number of nitrogens with one attached hydrogen (secondary N) is 1. The van der Waals surface area contributed by atoms with E-state index in [1.165, 1.54) is 10.9 Å². The van der Waals surface area contributed by atoms with Gasteiger partial charge in [0.25, 0.3) is 0 Å². The fourth-order valence-corrected chi connectivity index (χ4v) is 4.35. The van der Waals surface area contributed by atoms with Crippen LogP contribution < -0.4 is 16.0 Å². The zero-order valence-corrected chi connectivity index (χ0v) is 20.0. The number of hydrogen-bond donors (Lipinski definition) is 5. The SMILES string of the molecule is CN(C)c1cccc(-c2ccc(CNc3nc4c(N)ncnc4n3[C@@H]3O[C@H](CO)[C@@H](O)[C@H]3O)cc2)c1. The van der Waals surface area contributed by atoms with E-state index in [2.05, 4.69) is 55.5 Å². The summed E-state index contributed by atoms with van der Waals surface area (Å²) >= 11 is 0. The third kappa shape index (κ3) is 4.33. The van der Waals surface area contributed by atoms with Gasteiger partial charge in [0.2, 0.25) is 5.95 Å². The van der Waals surface area contributed by atoms with Crippen LogP contribution in [0.2, 0.25) is 0 Å². The molecule has 188 valence electrons. The number of imidazole rings is 1. The molecule has 0 aliphatic carbocycles. The lowest BCUT2D eigenvalue weighted by molar-refractivity contribution is -0.0501. The molecular weight excluding hydrogens is 462 g/mol. The van der Waals surface area contributed by atoms with E-state index in [1.807, 2.05) is 32.3 Å². The Morgan fingerprint density at radius 3 is 2.53 bits per heavy atom. The zero-order chi connectivity index (χ0) is 25.4. The maximum Gasteiger partial charge on any atom is 0.207 e. The molecule has 0 radical (unpaired) electrons. The predicted molar refractivity (Wildman–Crippen MR) is 136 cm³/mol. The number of anilines is 3. The number of nitrogens with two attached hydrogens (primary N) is 1. The standard InChI is InChI=1S/C25H29N7O4/c1-31(2)17-5-3-4-16(10-17)15-8-6-14(7-9-15)11-27-25-30-19-22(26)28-13-29-23(19)32(25)24-21(35)20(34)18(12-33)36-24/h3-10,13,18,20-21,24,33-35H,11-12H2,1-2H3,(H,27,30)(H2,26,28,29)/t18-,20-,21-,24-/m1/s1. The normalized spacial score (nSPS) is 21.7. The summed E-state index contributed by atoms with van der Waals surface area (Å²) in [6.45, 7) is -0.0193. The molecule has 1 aliphatic rings. The lowest BCUT2D eigenvalue weighted by Crippen LogP contribution is -2.33.